The topological polar surface area (TPSA) is 53.7 Å². The molecule has 4 nitrogen and oxygen atoms in total. The van der Waals surface area contributed by atoms with Crippen molar-refractivity contribution in [2.24, 2.45) is 0 Å². The lowest BCUT2D eigenvalue weighted by Crippen LogP contribution is -2.09. The molecule has 106 valence electrons. The summed E-state index contributed by atoms with van der Waals surface area (Å²) in [7, 11) is 1.60. The van der Waals surface area contributed by atoms with Crippen LogP contribution in [0.3, 0.4) is 0 Å². The minimum atomic E-state index is 0.362. The zero-order valence-corrected chi connectivity index (χ0v) is 11.9. The molecule has 2 N–H and O–H groups in total. The summed E-state index contributed by atoms with van der Waals surface area (Å²) in [5, 5.41) is 0.525. The number of halogens is 1. The maximum absolute atomic E-state index is 6.00. The maximum atomic E-state index is 6.00. The molecule has 0 aliphatic carbocycles. The molecular weight excluding hydrogens is 278 g/mol. The van der Waals surface area contributed by atoms with E-state index in [1.807, 2.05) is 24.3 Å². The summed E-state index contributed by atoms with van der Waals surface area (Å²) in [6.07, 6.45) is 0. The van der Waals surface area contributed by atoms with E-state index in [-0.39, 0.29) is 0 Å². The van der Waals surface area contributed by atoms with E-state index < -0.39 is 0 Å². The predicted octanol–water partition coefficient (Wildman–Crippen LogP) is 3.39. The Morgan fingerprint density at radius 3 is 2.30 bits per heavy atom. The van der Waals surface area contributed by atoms with E-state index in [4.69, 9.17) is 31.5 Å². The van der Waals surface area contributed by atoms with Gasteiger partial charge in [-0.25, -0.2) is 0 Å². The summed E-state index contributed by atoms with van der Waals surface area (Å²) >= 11 is 6.00. The quantitative estimate of drug-likeness (QED) is 0.655. The Morgan fingerprint density at radius 1 is 0.950 bits per heavy atom. The fourth-order valence-corrected chi connectivity index (χ4v) is 1.84. The van der Waals surface area contributed by atoms with Crippen molar-refractivity contribution in [3.05, 3.63) is 47.5 Å². The van der Waals surface area contributed by atoms with Crippen LogP contribution in [0.5, 0.6) is 17.2 Å². The first kappa shape index (κ1) is 14.3. The summed E-state index contributed by atoms with van der Waals surface area (Å²) in [4.78, 5) is 0. The minimum absolute atomic E-state index is 0.362. The normalized spacial score (nSPS) is 10.1. The molecule has 0 radical (unpaired) electrons. The first-order chi connectivity index (χ1) is 9.70. The molecule has 0 heterocycles. The zero-order chi connectivity index (χ0) is 14.4. The molecule has 2 rings (SSSR count). The average molecular weight is 294 g/mol. The molecule has 0 aliphatic rings. The fraction of sp³-hybridized carbons (Fsp3) is 0.200. The number of para-hydroxylation sites is 2. The van der Waals surface area contributed by atoms with Gasteiger partial charge in [0.1, 0.15) is 19.0 Å². The second kappa shape index (κ2) is 6.91. The highest BCUT2D eigenvalue weighted by Gasteiger charge is 2.04. The van der Waals surface area contributed by atoms with E-state index in [1.54, 1.807) is 25.3 Å². The molecule has 0 spiro atoms. The van der Waals surface area contributed by atoms with Gasteiger partial charge in [0, 0.05) is 11.8 Å². The average Bonchev–Trinajstić information content (AvgIpc) is 2.47. The van der Waals surface area contributed by atoms with Crippen molar-refractivity contribution in [2.45, 2.75) is 0 Å². The number of hydrogen-bond donors (Lipinski definition) is 1. The number of methoxy groups -OCH3 is 1. The first-order valence-electron chi connectivity index (χ1n) is 6.14. The molecule has 5 heteroatoms. The highest BCUT2D eigenvalue weighted by atomic mass is 35.5. The van der Waals surface area contributed by atoms with Gasteiger partial charge >= 0.3 is 0 Å². The predicted molar refractivity (Wildman–Crippen MR) is 79.8 cm³/mol. The van der Waals surface area contributed by atoms with Crippen LogP contribution in [-0.4, -0.2) is 20.3 Å². The molecule has 0 bridgehead atoms. The van der Waals surface area contributed by atoms with Crippen LogP contribution in [-0.2, 0) is 0 Å². The number of nitrogen functional groups attached to an aromatic ring is 1. The summed E-state index contributed by atoms with van der Waals surface area (Å²) in [6, 6.07) is 12.6. The van der Waals surface area contributed by atoms with Gasteiger partial charge in [0.2, 0.25) is 0 Å². The van der Waals surface area contributed by atoms with Crippen LogP contribution in [0.25, 0.3) is 0 Å². The van der Waals surface area contributed by atoms with E-state index in [0.717, 1.165) is 0 Å². The Labute approximate surface area is 123 Å². The molecule has 0 saturated carbocycles. The van der Waals surface area contributed by atoms with Crippen molar-refractivity contribution >= 4 is 17.3 Å². The number of anilines is 1. The lowest BCUT2D eigenvalue weighted by molar-refractivity contribution is 0.211. The van der Waals surface area contributed by atoms with Gasteiger partial charge in [-0.3, -0.25) is 0 Å². The van der Waals surface area contributed by atoms with Crippen molar-refractivity contribution in [2.75, 3.05) is 26.1 Å². The molecular formula is C15H16ClNO3. The monoisotopic (exact) mass is 293 g/mol. The Balaban J connectivity index is 1.86. The Bertz CT molecular complexity index is 575. The van der Waals surface area contributed by atoms with Crippen LogP contribution < -0.4 is 19.9 Å². The minimum Gasteiger partial charge on any atom is -0.493 e. The van der Waals surface area contributed by atoms with Gasteiger partial charge in [-0.1, -0.05) is 23.7 Å². The fourth-order valence-electron chi connectivity index (χ4n) is 1.67. The van der Waals surface area contributed by atoms with E-state index >= 15 is 0 Å². The van der Waals surface area contributed by atoms with Gasteiger partial charge < -0.3 is 19.9 Å². The van der Waals surface area contributed by atoms with Gasteiger partial charge in [-0.2, -0.15) is 0 Å². The molecule has 2 aromatic rings. The van der Waals surface area contributed by atoms with Gasteiger partial charge in [-0.05, 0) is 24.3 Å². The smallest absolute Gasteiger partial charge is 0.161 e. The molecule has 0 aromatic heterocycles. The second-order valence-electron chi connectivity index (χ2n) is 4.04. The standard InChI is InChI=1S/C15H16ClNO3/c1-18-13-4-2-3-5-14(13)19-8-9-20-15-10-11(17)6-7-12(15)16/h2-7,10H,8-9,17H2,1H3. The number of hydrogen-bond acceptors (Lipinski definition) is 4. The van der Waals surface area contributed by atoms with Gasteiger partial charge in [-0.15, -0.1) is 0 Å². The van der Waals surface area contributed by atoms with Gasteiger partial charge in [0.25, 0.3) is 0 Å². The highest BCUT2D eigenvalue weighted by Crippen LogP contribution is 2.27. The Morgan fingerprint density at radius 2 is 1.60 bits per heavy atom. The molecule has 0 fully saturated rings. The van der Waals surface area contributed by atoms with Crippen molar-refractivity contribution in [1.82, 2.24) is 0 Å². The molecule has 0 atom stereocenters. The van der Waals surface area contributed by atoms with Crippen LogP contribution >= 0.6 is 11.6 Å². The van der Waals surface area contributed by atoms with Crippen LogP contribution in [0.15, 0.2) is 42.5 Å². The number of rotatable bonds is 6. The van der Waals surface area contributed by atoms with Crippen molar-refractivity contribution in [3.63, 3.8) is 0 Å². The van der Waals surface area contributed by atoms with E-state index in [1.165, 1.54) is 0 Å². The zero-order valence-electron chi connectivity index (χ0n) is 11.1. The Hall–Kier alpha value is -2.07. The molecule has 0 aliphatic heterocycles. The number of nitrogens with two attached hydrogens (primary N) is 1. The third-order valence-electron chi connectivity index (χ3n) is 2.62. The maximum Gasteiger partial charge on any atom is 0.161 e. The third kappa shape index (κ3) is 3.71. The SMILES string of the molecule is COc1ccccc1OCCOc1cc(N)ccc1Cl. The number of benzene rings is 2. The summed E-state index contributed by atoms with van der Waals surface area (Å²) < 4.78 is 16.3. The van der Waals surface area contributed by atoms with Gasteiger partial charge in [0.05, 0.1) is 12.1 Å². The van der Waals surface area contributed by atoms with Crippen LogP contribution in [0.2, 0.25) is 5.02 Å². The summed E-state index contributed by atoms with van der Waals surface area (Å²) in [5.74, 6) is 1.92. The third-order valence-corrected chi connectivity index (χ3v) is 2.94. The number of ether oxygens (including phenoxy) is 3. The van der Waals surface area contributed by atoms with Crippen LogP contribution in [0.1, 0.15) is 0 Å². The molecule has 0 saturated heterocycles. The second-order valence-corrected chi connectivity index (χ2v) is 4.44. The van der Waals surface area contributed by atoms with Crippen LogP contribution in [0.4, 0.5) is 5.69 Å². The van der Waals surface area contributed by atoms with Crippen molar-refractivity contribution in [1.29, 1.82) is 0 Å². The van der Waals surface area contributed by atoms with E-state index in [9.17, 15) is 0 Å². The molecule has 0 unspecified atom stereocenters. The summed E-state index contributed by atoms with van der Waals surface area (Å²) in [6.45, 7) is 0.743. The molecule has 20 heavy (non-hydrogen) atoms. The van der Waals surface area contributed by atoms with Crippen molar-refractivity contribution in [3.8, 4) is 17.2 Å². The van der Waals surface area contributed by atoms with E-state index in [2.05, 4.69) is 0 Å². The lowest BCUT2D eigenvalue weighted by Gasteiger charge is -2.12. The van der Waals surface area contributed by atoms with E-state index in [0.29, 0.717) is 41.2 Å². The van der Waals surface area contributed by atoms with Crippen molar-refractivity contribution < 1.29 is 14.2 Å². The Kier molecular flexibility index (Phi) is 4.96. The van der Waals surface area contributed by atoms with Gasteiger partial charge in [0.15, 0.2) is 11.5 Å². The largest absolute Gasteiger partial charge is 0.493 e. The lowest BCUT2D eigenvalue weighted by atomic mass is 10.3. The molecule has 2 aromatic carbocycles. The highest BCUT2D eigenvalue weighted by molar-refractivity contribution is 6.32. The van der Waals surface area contributed by atoms with Crippen LogP contribution in [0, 0.1) is 0 Å². The first-order valence-corrected chi connectivity index (χ1v) is 6.52. The summed E-state index contributed by atoms with van der Waals surface area (Å²) in [5.41, 5.74) is 6.28. The molecule has 0 amide bonds.